The van der Waals surface area contributed by atoms with Crippen LogP contribution >= 0.6 is 11.6 Å². The van der Waals surface area contributed by atoms with E-state index in [0.29, 0.717) is 22.8 Å². The lowest BCUT2D eigenvalue weighted by Crippen LogP contribution is -2.12. The van der Waals surface area contributed by atoms with Crippen molar-refractivity contribution in [2.24, 2.45) is 0 Å². The van der Waals surface area contributed by atoms with E-state index in [0.717, 1.165) is 12.0 Å². The molecule has 0 aliphatic heterocycles. The van der Waals surface area contributed by atoms with E-state index in [4.69, 9.17) is 11.6 Å². The van der Waals surface area contributed by atoms with Gasteiger partial charge in [0, 0.05) is 18.2 Å². The number of hydrogen-bond acceptors (Lipinski definition) is 2. The summed E-state index contributed by atoms with van der Waals surface area (Å²) in [6.45, 7) is 1.94. The number of carbonyl (C=O) groups is 2. The van der Waals surface area contributed by atoms with Crippen molar-refractivity contribution in [3.8, 4) is 0 Å². The van der Waals surface area contributed by atoms with Gasteiger partial charge in [-0.05, 0) is 36.3 Å². The van der Waals surface area contributed by atoms with Crippen molar-refractivity contribution in [2.75, 3.05) is 10.6 Å². The normalized spacial score (nSPS) is 10.6. The van der Waals surface area contributed by atoms with E-state index < -0.39 is 0 Å². The highest BCUT2D eigenvalue weighted by Crippen LogP contribution is 2.25. The number of rotatable bonds is 6. The molecular weight excluding hydrogens is 324 g/mol. The molecule has 0 bridgehead atoms. The summed E-state index contributed by atoms with van der Waals surface area (Å²) >= 11 is 6.10. The van der Waals surface area contributed by atoms with Crippen LogP contribution in [0.5, 0.6) is 0 Å². The van der Waals surface area contributed by atoms with Gasteiger partial charge in [0.2, 0.25) is 11.8 Å². The Labute approximate surface area is 146 Å². The smallest absolute Gasteiger partial charge is 0.248 e. The van der Waals surface area contributed by atoms with Gasteiger partial charge in [-0.1, -0.05) is 48.9 Å². The number of benzene rings is 2. The predicted octanol–water partition coefficient (Wildman–Crippen LogP) is 4.73. The van der Waals surface area contributed by atoms with Gasteiger partial charge in [0.25, 0.3) is 0 Å². The Bertz CT molecular complexity index is 742. The Kier molecular flexibility index (Phi) is 6.58. The Morgan fingerprint density at radius 2 is 1.83 bits per heavy atom. The van der Waals surface area contributed by atoms with Crippen molar-refractivity contribution < 1.29 is 9.59 Å². The van der Waals surface area contributed by atoms with Gasteiger partial charge in [-0.3, -0.25) is 9.59 Å². The van der Waals surface area contributed by atoms with Crippen LogP contribution in [-0.2, 0) is 9.59 Å². The minimum atomic E-state index is -0.294. The van der Waals surface area contributed by atoms with Crippen molar-refractivity contribution >= 4 is 40.9 Å². The first-order chi connectivity index (χ1) is 11.6. The Morgan fingerprint density at radius 3 is 2.54 bits per heavy atom. The van der Waals surface area contributed by atoms with Crippen LogP contribution in [-0.4, -0.2) is 11.8 Å². The van der Waals surface area contributed by atoms with Crippen molar-refractivity contribution in [1.82, 2.24) is 0 Å². The second-order valence-corrected chi connectivity index (χ2v) is 5.63. The van der Waals surface area contributed by atoms with Gasteiger partial charge in [0.1, 0.15) is 0 Å². The monoisotopic (exact) mass is 342 g/mol. The van der Waals surface area contributed by atoms with Crippen molar-refractivity contribution in [2.45, 2.75) is 19.8 Å². The standard InChI is InChI=1S/C19H19ClN2O2/c1-2-6-18(23)21-15-10-11-16(20)17(13-15)22-19(24)12-9-14-7-4-3-5-8-14/h3-5,7-13H,2,6H2,1H3,(H,21,23)(H,22,24)/b12-9-. The van der Waals surface area contributed by atoms with Crippen LogP contribution < -0.4 is 10.6 Å². The van der Waals surface area contributed by atoms with Gasteiger partial charge in [0.05, 0.1) is 10.7 Å². The van der Waals surface area contributed by atoms with Gasteiger partial charge < -0.3 is 10.6 Å². The molecule has 0 spiro atoms. The van der Waals surface area contributed by atoms with Gasteiger partial charge in [0.15, 0.2) is 0 Å². The van der Waals surface area contributed by atoms with E-state index in [9.17, 15) is 9.59 Å². The summed E-state index contributed by atoms with van der Waals surface area (Å²) in [5.74, 6) is -0.362. The highest BCUT2D eigenvalue weighted by atomic mass is 35.5. The maximum absolute atomic E-state index is 12.0. The zero-order valence-electron chi connectivity index (χ0n) is 13.4. The quantitative estimate of drug-likeness (QED) is 0.745. The SMILES string of the molecule is CCCC(=O)Nc1ccc(Cl)c(NC(=O)/C=C\c2ccccc2)c1. The fourth-order valence-electron chi connectivity index (χ4n) is 2.06. The van der Waals surface area contributed by atoms with E-state index in [1.807, 2.05) is 37.3 Å². The van der Waals surface area contributed by atoms with E-state index in [1.165, 1.54) is 6.08 Å². The molecule has 0 heterocycles. The summed E-state index contributed by atoms with van der Waals surface area (Å²) in [5, 5.41) is 5.90. The van der Waals surface area contributed by atoms with Crippen LogP contribution in [0.15, 0.2) is 54.6 Å². The molecule has 0 aliphatic rings. The molecule has 2 aromatic carbocycles. The predicted molar refractivity (Wildman–Crippen MR) is 99.1 cm³/mol. The largest absolute Gasteiger partial charge is 0.326 e. The Morgan fingerprint density at radius 1 is 1.08 bits per heavy atom. The Hall–Kier alpha value is -2.59. The second kappa shape index (κ2) is 8.89. The molecule has 0 saturated heterocycles. The van der Waals surface area contributed by atoms with Crippen LogP contribution in [0.4, 0.5) is 11.4 Å². The molecule has 5 heteroatoms. The lowest BCUT2D eigenvalue weighted by Gasteiger charge is -2.09. The molecule has 124 valence electrons. The lowest BCUT2D eigenvalue weighted by molar-refractivity contribution is -0.116. The van der Waals surface area contributed by atoms with Crippen LogP contribution in [0.1, 0.15) is 25.3 Å². The summed E-state index contributed by atoms with van der Waals surface area (Å²) < 4.78 is 0. The molecule has 0 saturated carbocycles. The summed E-state index contributed by atoms with van der Waals surface area (Å²) in [7, 11) is 0. The molecule has 2 amide bonds. The first-order valence-corrected chi connectivity index (χ1v) is 8.10. The highest BCUT2D eigenvalue weighted by molar-refractivity contribution is 6.34. The van der Waals surface area contributed by atoms with E-state index in [1.54, 1.807) is 24.3 Å². The molecule has 0 aliphatic carbocycles. The fraction of sp³-hybridized carbons (Fsp3) is 0.158. The number of halogens is 1. The summed E-state index contributed by atoms with van der Waals surface area (Å²) in [5.41, 5.74) is 1.98. The lowest BCUT2D eigenvalue weighted by atomic mass is 10.2. The molecule has 4 nitrogen and oxygen atoms in total. The summed E-state index contributed by atoms with van der Waals surface area (Å²) in [6.07, 6.45) is 4.38. The van der Waals surface area contributed by atoms with Crippen LogP contribution in [0, 0.1) is 0 Å². The molecule has 24 heavy (non-hydrogen) atoms. The zero-order chi connectivity index (χ0) is 17.4. The molecular formula is C19H19ClN2O2. The minimum Gasteiger partial charge on any atom is -0.326 e. The first-order valence-electron chi connectivity index (χ1n) is 7.72. The van der Waals surface area contributed by atoms with E-state index in [2.05, 4.69) is 10.6 Å². The second-order valence-electron chi connectivity index (χ2n) is 5.23. The molecule has 0 fully saturated rings. The van der Waals surface area contributed by atoms with Gasteiger partial charge in [-0.25, -0.2) is 0 Å². The van der Waals surface area contributed by atoms with Crippen molar-refractivity contribution in [1.29, 1.82) is 0 Å². The number of hydrogen-bond donors (Lipinski definition) is 2. The molecule has 0 aromatic heterocycles. The van der Waals surface area contributed by atoms with Crippen molar-refractivity contribution in [3.63, 3.8) is 0 Å². The van der Waals surface area contributed by atoms with E-state index in [-0.39, 0.29) is 11.8 Å². The third kappa shape index (κ3) is 5.56. The minimum absolute atomic E-state index is 0.0685. The molecule has 2 aromatic rings. The third-order valence-corrected chi connectivity index (χ3v) is 3.54. The van der Waals surface area contributed by atoms with Crippen LogP contribution in [0.3, 0.4) is 0 Å². The van der Waals surface area contributed by atoms with Crippen LogP contribution in [0.25, 0.3) is 6.08 Å². The first kappa shape index (κ1) is 17.8. The number of amides is 2. The van der Waals surface area contributed by atoms with Gasteiger partial charge in [-0.2, -0.15) is 0 Å². The number of carbonyl (C=O) groups excluding carboxylic acids is 2. The topological polar surface area (TPSA) is 58.2 Å². The maximum Gasteiger partial charge on any atom is 0.248 e. The average molecular weight is 343 g/mol. The average Bonchev–Trinajstić information content (AvgIpc) is 2.57. The highest BCUT2D eigenvalue weighted by Gasteiger charge is 2.07. The molecule has 0 atom stereocenters. The molecule has 2 N–H and O–H groups in total. The molecule has 0 radical (unpaired) electrons. The number of anilines is 2. The zero-order valence-corrected chi connectivity index (χ0v) is 14.1. The fourth-order valence-corrected chi connectivity index (χ4v) is 2.22. The summed E-state index contributed by atoms with van der Waals surface area (Å²) in [4.78, 5) is 23.7. The van der Waals surface area contributed by atoms with Crippen molar-refractivity contribution in [3.05, 3.63) is 65.2 Å². The Balaban J connectivity index is 2.04. The maximum atomic E-state index is 12.0. The van der Waals surface area contributed by atoms with Gasteiger partial charge >= 0.3 is 0 Å². The van der Waals surface area contributed by atoms with Gasteiger partial charge in [-0.15, -0.1) is 0 Å². The van der Waals surface area contributed by atoms with Crippen LogP contribution in [0.2, 0.25) is 5.02 Å². The number of nitrogens with one attached hydrogen (secondary N) is 2. The molecule has 2 rings (SSSR count). The third-order valence-electron chi connectivity index (χ3n) is 3.21. The molecule has 0 unspecified atom stereocenters. The van der Waals surface area contributed by atoms with E-state index >= 15 is 0 Å². The summed E-state index contributed by atoms with van der Waals surface area (Å²) in [6, 6.07) is 14.5.